The summed E-state index contributed by atoms with van der Waals surface area (Å²) in [5.74, 6) is -0.649. The summed E-state index contributed by atoms with van der Waals surface area (Å²) in [6.45, 7) is 3.23. The molecule has 144 valence electrons. The van der Waals surface area contributed by atoms with Gasteiger partial charge in [-0.3, -0.25) is 4.90 Å². The van der Waals surface area contributed by atoms with E-state index in [-0.39, 0.29) is 0 Å². The van der Waals surface area contributed by atoms with E-state index in [2.05, 4.69) is 11.0 Å². The third-order valence-electron chi connectivity index (χ3n) is 6.14. The molecule has 1 heterocycles. The van der Waals surface area contributed by atoms with Gasteiger partial charge in [0.25, 0.3) is 0 Å². The standard InChI is InChI=1S/C22H26F2N2O/c23-20-5-2-6-21(22(20)24)26-13-11-25(12-14-26)18-9-7-16(8-10-18)17-3-1-4-19(27)15-17/h1-6,15-16,18,27H,7-14H2. The van der Waals surface area contributed by atoms with E-state index in [4.69, 9.17) is 0 Å². The van der Waals surface area contributed by atoms with E-state index in [1.807, 2.05) is 17.0 Å². The molecule has 2 aromatic rings. The fourth-order valence-electron chi connectivity index (χ4n) is 4.62. The summed E-state index contributed by atoms with van der Waals surface area (Å²) in [6.07, 6.45) is 4.56. The molecule has 0 bridgehead atoms. The second-order valence-electron chi connectivity index (χ2n) is 7.70. The summed E-state index contributed by atoms with van der Waals surface area (Å²) in [4.78, 5) is 4.46. The molecule has 3 nitrogen and oxygen atoms in total. The van der Waals surface area contributed by atoms with Crippen LogP contribution in [0.3, 0.4) is 0 Å². The molecular weight excluding hydrogens is 346 g/mol. The number of hydrogen-bond acceptors (Lipinski definition) is 3. The Kier molecular flexibility index (Phi) is 5.30. The Morgan fingerprint density at radius 1 is 0.852 bits per heavy atom. The van der Waals surface area contributed by atoms with Gasteiger partial charge in [-0.15, -0.1) is 0 Å². The van der Waals surface area contributed by atoms with Crippen molar-refractivity contribution in [3.63, 3.8) is 0 Å². The first kappa shape index (κ1) is 18.2. The van der Waals surface area contributed by atoms with Crippen molar-refractivity contribution in [3.8, 4) is 5.75 Å². The highest BCUT2D eigenvalue weighted by molar-refractivity contribution is 5.48. The van der Waals surface area contributed by atoms with Crippen molar-refractivity contribution in [1.82, 2.24) is 4.90 Å². The molecule has 0 spiro atoms. The summed E-state index contributed by atoms with van der Waals surface area (Å²) >= 11 is 0. The minimum absolute atomic E-state index is 0.343. The van der Waals surface area contributed by atoms with E-state index in [9.17, 15) is 13.9 Å². The molecule has 0 aromatic heterocycles. The van der Waals surface area contributed by atoms with Gasteiger partial charge in [-0.2, -0.15) is 0 Å². The second kappa shape index (κ2) is 7.85. The first-order valence-corrected chi connectivity index (χ1v) is 9.84. The van der Waals surface area contributed by atoms with Gasteiger partial charge in [0.1, 0.15) is 5.75 Å². The molecule has 1 saturated carbocycles. The molecule has 0 atom stereocenters. The van der Waals surface area contributed by atoms with Crippen LogP contribution in [0.15, 0.2) is 42.5 Å². The van der Waals surface area contributed by atoms with Gasteiger partial charge < -0.3 is 10.0 Å². The monoisotopic (exact) mass is 372 g/mol. The molecule has 4 rings (SSSR count). The van der Waals surface area contributed by atoms with Crippen LogP contribution in [0, 0.1) is 11.6 Å². The van der Waals surface area contributed by atoms with Gasteiger partial charge in [-0.1, -0.05) is 18.2 Å². The third kappa shape index (κ3) is 3.93. The smallest absolute Gasteiger partial charge is 0.182 e. The lowest BCUT2D eigenvalue weighted by molar-refractivity contribution is 0.141. The maximum Gasteiger partial charge on any atom is 0.182 e. The predicted molar refractivity (Wildman–Crippen MR) is 103 cm³/mol. The van der Waals surface area contributed by atoms with E-state index < -0.39 is 11.6 Å². The molecule has 0 radical (unpaired) electrons. The molecule has 2 fully saturated rings. The van der Waals surface area contributed by atoms with Crippen molar-refractivity contribution >= 4 is 5.69 Å². The van der Waals surface area contributed by atoms with Crippen LogP contribution in [0.25, 0.3) is 0 Å². The van der Waals surface area contributed by atoms with Crippen LogP contribution < -0.4 is 4.90 Å². The molecule has 0 unspecified atom stereocenters. The van der Waals surface area contributed by atoms with Crippen molar-refractivity contribution in [2.75, 3.05) is 31.1 Å². The number of anilines is 1. The summed E-state index contributed by atoms with van der Waals surface area (Å²) in [5, 5.41) is 9.69. The molecule has 1 N–H and O–H groups in total. The Labute approximate surface area is 159 Å². The average molecular weight is 372 g/mol. The lowest BCUT2D eigenvalue weighted by Gasteiger charge is -2.42. The predicted octanol–water partition coefficient (Wildman–Crippen LogP) is 4.52. The normalized spacial score (nSPS) is 24.1. The van der Waals surface area contributed by atoms with Gasteiger partial charge in [-0.25, -0.2) is 8.78 Å². The van der Waals surface area contributed by atoms with Crippen LogP contribution in [-0.2, 0) is 0 Å². The third-order valence-corrected chi connectivity index (χ3v) is 6.14. The fourth-order valence-corrected chi connectivity index (χ4v) is 4.62. The molecule has 1 aliphatic carbocycles. The van der Waals surface area contributed by atoms with E-state index in [0.29, 0.717) is 23.4 Å². The van der Waals surface area contributed by atoms with Crippen molar-refractivity contribution < 1.29 is 13.9 Å². The Balaban J connectivity index is 1.31. The van der Waals surface area contributed by atoms with E-state index in [1.54, 1.807) is 18.2 Å². The number of phenols is 1. The highest BCUT2D eigenvalue weighted by Crippen LogP contribution is 2.36. The molecule has 27 heavy (non-hydrogen) atoms. The van der Waals surface area contributed by atoms with Crippen molar-refractivity contribution in [3.05, 3.63) is 59.7 Å². The van der Waals surface area contributed by atoms with Crippen LogP contribution in [0.2, 0.25) is 0 Å². The largest absolute Gasteiger partial charge is 0.508 e. The molecule has 1 aliphatic heterocycles. The lowest BCUT2D eigenvalue weighted by atomic mass is 9.81. The van der Waals surface area contributed by atoms with Crippen LogP contribution in [-0.4, -0.2) is 42.2 Å². The van der Waals surface area contributed by atoms with Crippen LogP contribution >= 0.6 is 0 Å². The Morgan fingerprint density at radius 3 is 2.26 bits per heavy atom. The maximum absolute atomic E-state index is 14.0. The number of rotatable bonds is 3. The van der Waals surface area contributed by atoms with Crippen molar-refractivity contribution in [1.29, 1.82) is 0 Å². The van der Waals surface area contributed by atoms with E-state index >= 15 is 0 Å². The number of nitrogens with zero attached hydrogens (tertiary/aromatic N) is 2. The zero-order valence-electron chi connectivity index (χ0n) is 15.5. The lowest BCUT2D eigenvalue weighted by Crippen LogP contribution is -2.51. The van der Waals surface area contributed by atoms with Gasteiger partial charge in [0, 0.05) is 32.2 Å². The van der Waals surface area contributed by atoms with Crippen LogP contribution in [0.5, 0.6) is 5.75 Å². The highest BCUT2D eigenvalue weighted by atomic mass is 19.2. The maximum atomic E-state index is 14.0. The number of phenolic OH excluding ortho intramolecular Hbond substituents is 1. The molecular formula is C22H26F2N2O. The summed E-state index contributed by atoms with van der Waals surface area (Å²) < 4.78 is 27.5. The topological polar surface area (TPSA) is 26.7 Å². The first-order valence-electron chi connectivity index (χ1n) is 9.84. The molecule has 0 amide bonds. The fraction of sp³-hybridized carbons (Fsp3) is 0.455. The number of aromatic hydroxyl groups is 1. The second-order valence-corrected chi connectivity index (χ2v) is 7.70. The quantitative estimate of drug-likeness (QED) is 0.858. The summed E-state index contributed by atoms with van der Waals surface area (Å²) in [7, 11) is 0. The van der Waals surface area contributed by atoms with Crippen molar-refractivity contribution in [2.24, 2.45) is 0 Å². The Bertz CT molecular complexity index is 782. The first-order chi connectivity index (χ1) is 13.1. The number of halogens is 2. The number of hydrogen-bond donors (Lipinski definition) is 1. The average Bonchev–Trinajstić information content (AvgIpc) is 2.70. The van der Waals surface area contributed by atoms with Crippen LogP contribution in [0.1, 0.15) is 37.2 Å². The van der Waals surface area contributed by atoms with Crippen LogP contribution in [0.4, 0.5) is 14.5 Å². The molecule has 2 aromatic carbocycles. The summed E-state index contributed by atoms with van der Waals surface area (Å²) in [6, 6.07) is 12.6. The Morgan fingerprint density at radius 2 is 1.56 bits per heavy atom. The molecule has 5 heteroatoms. The van der Waals surface area contributed by atoms with Gasteiger partial charge >= 0.3 is 0 Å². The van der Waals surface area contributed by atoms with E-state index in [1.165, 1.54) is 11.6 Å². The zero-order valence-corrected chi connectivity index (χ0v) is 15.5. The van der Waals surface area contributed by atoms with E-state index in [0.717, 1.165) is 51.9 Å². The van der Waals surface area contributed by atoms with Crippen molar-refractivity contribution in [2.45, 2.75) is 37.6 Å². The number of benzene rings is 2. The van der Waals surface area contributed by atoms with Gasteiger partial charge in [0.2, 0.25) is 0 Å². The minimum Gasteiger partial charge on any atom is -0.508 e. The molecule has 2 aliphatic rings. The van der Waals surface area contributed by atoms with Gasteiger partial charge in [0.05, 0.1) is 5.69 Å². The van der Waals surface area contributed by atoms with Gasteiger partial charge in [0.15, 0.2) is 11.6 Å². The van der Waals surface area contributed by atoms with Gasteiger partial charge in [-0.05, 0) is 61.4 Å². The molecule has 1 saturated heterocycles. The summed E-state index contributed by atoms with van der Waals surface area (Å²) in [5.41, 5.74) is 1.61. The zero-order chi connectivity index (χ0) is 18.8. The Hall–Kier alpha value is -2.14. The minimum atomic E-state index is -0.778. The SMILES string of the molecule is Oc1cccc(C2CCC(N3CCN(c4cccc(F)c4F)CC3)CC2)c1. The highest BCUT2D eigenvalue weighted by Gasteiger charge is 2.29. The number of piperazine rings is 1.